The zero-order valence-electron chi connectivity index (χ0n) is 13.0. The van der Waals surface area contributed by atoms with Crippen molar-refractivity contribution in [2.45, 2.75) is 59.2 Å². The van der Waals surface area contributed by atoms with Crippen LogP contribution in [0.4, 0.5) is 0 Å². The van der Waals surface area contributed by atoms with Gasteiger partial charge in [0.05, 0.1) is 32.0 Å². The lowest BCUT2D eigenvalue weighted by molar-refractivity contribution is -0.141. The Bertz CT molecular complexity index is 186. The molecule has 0 heterocycles. The standard InChI is InChI=1S/C7H16O3.C7H14O2/c1-6(4-8)10-5-7(2)9-3;1-3-4-5-6-9-7(2)8/h6-8H,4-5H2,1-3H3;3-6H2,1-2H3. The van der Waals surface area contributed by atoms with Crippen molar-refractivity contribution in [3.8, 4) is 0 Å². The molecule has 1 N–H and O–H groups in total. The number of rotatable bonds is 9. The fraction of sp³-hybridized carbons (Fsp3) is 0.929. The first-order valence-corrected chi connectivity index (χ1v) is 6.86. The second-order valence-corrected chi connectivity index (χ2v) is 4.42. The van der Waals surface area contributed by atoms with E-state index in [1.54, 1.807) is 7.11 Å². The smallest absolute Gasteiger partial charge is 0.302 e. The van der Waals surface area contributed by atoms with Crippen LogP contribution in [0.3, 0.4) is 0 Å². The number of unbranched alkanes of at least 4 members (excludes halogenated alkanes) is 2. The predicted molar refractivity (Wildman–Crippen MR) is 75.1 cm³/mol. The zero-order chi connectivity index (χ0) is 15.1. The molecule has 0 spiro atoms. The van der Waals surface area contributed by atoms with Gasteiger partial charge in [-0.05, 0) is 20.3 Å². The molecule has 0 aromatic rings. The van der Waals surface area contributed by atoms with Crippen LogP contribution < -0.4 is 0 Å². The van der Waals surface area contributed by atoms with E-state index in [1.807, 2.05) is 13.8 Å². The van der Waals surface area contributed by atoms with Gasteiger partial charge in [0.1, 0.15) is 0 Å². The quantitative estimate of drug-likeness (QED) is 0.517. The van der Waals surface area contributed by atoms with Gasteiger partial charge in [-0.3, -0.25) is 4.79 Å². The first-order valence-electron chi connectivity index (χ1n) is 6.86. The lowest BCUT2D eigenvalue weighted by Crippen LogP contribution is -2.21. The van der Waals surface area contributed by atoms with Gasteiger partial charge in [0, 0.05) is 14.0 Å². The van der Waals surface area contributed by atoms with Crippen molar-refractivity contribution in [1.82, 2.24) is 0 Å². The van der Waals surface area contributed by atoms with Gasteiger partial charge in [-0.2, -0.15) is 0 Å². The Labute approximate surface area is 117 Å². The van der Waals surface area contributed by atoms with Crippen LogP contribution in [0.5, 0.6) is 0 Å². The van der Waals surface area contributed by atoms with E-state index < -0.39 is 0 Å². The maximum Gasteiger partial charge on any atom is 0.302 e. The molecule has 0 saturated carbocycles. The Kier molecular flexibility index (Phi) is 16.8. The molecule has 0 fully saturated rings. The van der Waals surface area contributed by atoms with Crippen LogP contribution in [0.15, 0.2) is 0 Å². The van der Waals surface area contributed by atoms with Gasteiger partial charge in [0.2, 0.25) is 0 Å². The number of aliphatic hydroxyl groups excluding tert-OH is 1. The summed E-state index contributed by atoms with van der Waals surface area (Å²) in [7, 11) is 1.64. The average molecular weight is 278 g/mol. The van der Waals surface area contributed by atoms with Gasteiger partial charge in [-0.15, -0.1) is 0 Å². The highest BCUT2D eigenvalue weighted by Gasteiger charge is 2.03. The summed E-state index contributed by atoms with van der Waals surface area (Å²) in [6.07, 6.45) is 3.33. The van der Waals surface area contributed by atoms with Crippen LogP contribution in [0.25, 0.3) is 0 Å². The fourth-order valence-electron chi connectivity index (χ4n) is 0.988. The minimum atomic E-state index is -0.175. The fourth-order valence-corrected chi connectivity index (χ4v) is 0.988. The minimum Gasteiger partial charge on any atom is -0.466 e. The number of carbonyl (C=O) groups excluding carboxylic acids is 1. The number of carbonyl (C=O) groups is 1. The summed E-state index contributed by atoms with van der Waals surface area (Å²) in [5.74, 6) is -0.175. The van der Waals surface area contributed by atoms with Crippen molar-refractivity contribution < 1.29 is 24.1 Å². The molecule has 116 valence electrons. The number of aliphatic hydroxyl groups is 1. The second-order valence-electron chi connectivity index (χ2n) is 4.42. The van der Waals surface area contributed by atoms with Gasteiger partial charge in [-0.1, -0.05) is 19.8 Å². The first kappa shape index (κ1) is 20.7. The largest absolute Gasteiger partial charge is 0.466 e. The van der Waals surface area contributed by atoms with Crippen LogP contribution in [0.1, 0.15) is 47.0 Å². The SMILES string of the molecule is CCCCCOC(C)=O.COC(C)COC(C)CO. The van der Waals surface area contributed by atoms with Gasteiger partial charge in [-0.25, -0.2) is 0 Å². The van der Waals surface area contributed by atoms with Gasteiger partial charge < -0.3 is 19.3 Å². The lowest BCUT2D eigenvalue weighted by Gasteiger charge is -2.13. The molecule has 0 amide bonds. The number of ether oxygens (including phenoxy) is 3. The highest BCUT2D eigenvalue weighted by Crippen LogP contribution is 1.94. The summed E-state index contributed by atoms with van der Waals surface area (Å²) >= 11 is 0. The highest BCUT2D eigenvalue weighted by molar-refractivity contribution is 5.65. The Morgan fingerprint density at radius 1 is 1.21 bits per heavy atom. The maximum absolute atomic E-state index is 10.2. The van der Waals surface area contributed by atoms with Crippen LogP contribution in [0.2, 0.25) is 0 Å². The molecule has 2 atom stereocenters. The minimum absolute atomic E-state index is 0.0659. The monoisotopic (exact) mass is 278 g/mol. The molecule has 0 aliphatic carbocycles. The Morgan fingerprint density at radius 2 is 1.84 bits per heavy atom. The molecule has 5 nitrogen and oxygen atoms in total. The molecule has 0 aromatic carbocycles. The van der Waals surface area contributed by atoms with Gasteiger partial charge in [0.15, 0.2) is 0 Å². The third-order valence-electron chi connectivity index (χ3n) is 2.33. The Hall–Kier alpha value is -0.650. The predicted octanol–water partition coefficient (Wildman–Crippen LogP) is 2.16. The van der Waals surface area contributed by atoms with E-state index in [4.69, 9.17) is 19.3 Å². The molecular weight excluding hydrogens is 248 g/mol. The van der Waals surface area contributed by atoms with E-state index in [9.17, 15) is 4.79 Å². The van der Waals surface area contributed by atoms with E-state index in [1.165, 1.54) is 13.3 Å². The summed E-state index contributed by atoms with van der Waals surface area (Å²) in [4.78, 5) is 10.2. The summed E-state index contributed by atoms with van der Waals surface area (Å²) in [6.45, 7) is 8.49. The molecular formula is C14H30O5. The normalized spacial score (nSPS) is 13.2. The van der Waals surface area contributed by atoms with Crippen LogP contribution in [-0.4, -0.2) is 50.2 Å². The lowest BCUT2D eigenvalue weighted by atomic mass is 10.3. The second kappa shape index (κ2) is 15.4. The summed E-state index contributed by atoms with van der Waals surface area (Å²) in [5, 5.41) is 8.55. The Balaban J connectivity index is 0. The van der Waals surface area contributed by atoms with E-state index in [0.717, 1.165) is 12.8 Å². The molecule has 0 rings (SSSR count). The van der Waals surface area contributed by atoms with Crippen molar-refractivity contribution in [3.05, 3.63) is 0 Å². The molecule has 19 heavy (non-hydrogen) atoms. The molecule has 0 aliphatic rings. The average Bonchev–Trinajstić information content (AvgIpc) is 2.41. The topological polar surface area (TPSA) is 65.0 Å². The molecule has 0 radical (unpaired) electrons. The highest BCUT2D eigenvalue weighted by atomic mass is 16.5. The molecule has 5 heteroatoms. The summed E-state index contributed by atoms with van der Waals surface area (Å²) in [5.41, 5.74) is 0. The van der Waals surface area contributed by atoms with Crippen LogP contribution in [0, 0.1) is 0 Å². The van der Waals surface area contributed by atoms with E-state index in [2.05, 4.69) is 6.92 Å². The number of hydrogen-bond acceptors (Lipinski definition) is 5. The van der Waals surface area contributed by atoms with Crippen LogP contribution in [-0.2, 0) is 19.0 Å². The number of methoxy groups -OCH3 is 1. The van der Waals surface area contributed by atoms with Crippen molar-refractivity contribution in [1.29, 1.82) is 0 Å². The molecule has 0 aromatic heterocycles. The van der Waals surface area contributed by atoms with Gasteiger partial charge in [0.25, 0.3) is 0 Å². The Morgan fingerprint density at radius 3 is 2.26 bits per heavy atom. The summed E-state index contributed by atoms with van der Waals surface area (Å²) in [6, 6.07) is 0. The van der Waals surface area contributed by atoms with Crippen molar-refractivity contribution in [2.75, 3.05) is 26.9 Å². The van der Waals surface area contributed by atoms with Crippen molar-refractivity contribution in [3.63, 3.8) is 0 Å². The maximum atomic E-state index is 10.2. The molecule has 2 unspecified atom stereocenters. The first-order chi connectivity index (χ1) is 8.97. The molecule has 0 saturated heterocycles. The van der Waals surface area contributed by atoms with Crippen LogP contribution >= 0.6 is 0 Å². The van der Waals surface area contributed by atoms with E-state index >= 15 is 0 Å². The van der Waals surface area contributed by atoms with Gasteiger partial charge >= 0.3 is 5.97 Å². The molecule has 0 aliphatic heterocycles. The summed E-state index contributed by atoms with van der Waals surface area (Å²) < 4.78 is 14.8. The molecule has 0 bridgehead atoms. The third kappa shape index (κ3) is 19.9. The number of esters is 1. The zero-order valence-corrected chi connectivity index (χ0v) is 13.0. The van der Waals surface area contributed by atoms with E-state index in [-0.39, 0.29) is 24.8 Å². The third-order valence-corrected chi connectivity index (χ3v) is 2.33. The van der Waals surface area contributed by atoms with Crippen molar-refractivity contribution >= 4 is 5.97 Å². The van der Waals surface area contributed by atoms with E-state index in [0.29, 0.717) is 13.2 Å². The van der Waals surface area contributed by atoms with Crippen molar-refractivity contribution in [2.24, 2.45) is 0 Å². The number of hydrogen-bond donors (Lipinski definition) is 1.